The zero-order valence-electron chi connectivity index (χ0n) is 16.0. The van der Waals surface area contributed by atoms with E-state index in [-0.39, 0.29) is 48.2 Å². The van der Waals surface area contributed by atoms with Gasteiger partial charge in [-0.2, -0.15) is 5.10 Å². The van der Waals surface area contributed by atoms with Crippen molar-refractivity contribution in [2.24, 2.45) is 11.1 Å². The van der Waals surface area contributed by atoms with Crippen LogP contribution in [0, 0.1) is 12.3 Å². The van der Waals surface area contributed by atoms with E-state index in [9.17, 15) is 4.79 Å². The van der Waals surface area contributed by atoms with Gasteiger partial charge in [-0.3, -0.25) is 4.79 Å². The molecule has 0 bridgehead atoms. The molecule has 26 heavy (non-hydrogen) atoms. The van der Waals surface area contributed by atoms with Crippen molar-refractivity contribution >= 4 is 41.8 Å². The van der Waals surface area contributed by atoms with Crippen LogP contribution in [-0.4, -0.2) is 44.7 Å². The van der Waals surface area contributed by atoms with E-state index < -0.39 is 0 Å². The molecule has 1 atom stereocenters. The summed E-state index contributed by atoms with van der Waals surface area (Å²) in [6.07, 6.45) is 2.59. The van der Waals surface area contributed by atoms with E-state index in [0.717, 1.165) is 23.1 Å². The van der Waals surface area contributed by atoms with E-state index in [2.05, 4.69) is 37.8 Å². The molecule has 2 aromatic heterocycles. The van der Waals surface area contributed by atoms with Crippen LogP contribution in [0.5, 0.6) is 0 Å². The fourth-order valence-electron chi connectivity index (χ4n) is 3.42. The molecule has 3 rings (SSSR count). The molecule has 1 aliphatic heterocycles. The number of rotatable bonds is 2. The standard InChI is InChI=1S/C18H27N5O.2ClH/c1-11(2)23-16-14(9-20-23)13(8-12(3)21-16)17(24)22-7-6-15(19)18(4,5)10-22;;/h8-9,11,15H,6-7,10,19H2,1-5H3;2*1H. The maximum atomic E-state index is 13.2. The van der Waals surface area contributed by atoms with Gasteiger partial charge in [0.2, 0.25) is 0 Å². The SMILES string of the molecule is Cc1cc(C(=O)N2CCC(N)C(C)(C)C2)c2cnn(C(C)C)c2n1.Cl.Cl. The van der Waals surface area contributed by atoms with Crippen LogP contribution in [0.4, 0.5) is 0 Å². The maximum Gasteiger partial charge on any atom is 0.254 e. The summed E-state index contributed by atoms with van der Waals surface area (Å²) in [6, 6.07) is 2.20. The van der Waals surface area contributed by atoms with E-state index in [1.165, 1.54) is 0 Å². The van der Waals surface area contributed by atoms with Crippen molar-refractivity contribution in [2.45, 2.75) is 53.1 Å². The van der Waals surface area contributed by atoms with E-state index in [1.54, 1.807) is 6.20 Å². The Morgan fingerprint density at radius 2 is 2.00 bits per heavy atom. The Kier molecular flexibility index (Phi) is 7.07. The van der Waals surface area contributed by atoms with Gasteiger partial charge in [-0.1, -0.05) is 13.8 Å². The summed E-state index contributed by atoms with van der Waals surface area (Å²) in [6.45, 7) is 11.7. The van der Waals surface area contributed by atoms with Crippen molar-refractivity contribution in [3.63, 3.8) is 0 Å². The van der Waals surface area contributed by atoms with Crippen LogP contribution in [0.3, 0.4) is 0 Å². The summed E-state index contributed by atoms with van der Waals surface area (Å²) in [5, 5.41) is 5.25. The summed E-state index contributed by atoms with van der Waals surface area (Å²) in [5.74, 6) is 0.0498. The number of amides is 1. The molecule has 2 N–H and O–H groups in total. The first-order valence-electron chi connectivity index (χ1n) is 8.60. The van der Waals surface area contributed by atoms with Gasteiger partial charge in [0.15, 0.2) is 5.65 Å². The van der Waals surface area contributed by atoms with Crippen LogP contribution in [0.2, 0.25) is 0 Å². The van der Waals surface area contributed by atoms with Crippen molar-refractivity contribution in [1.29, 1.82) is 0 Å². The molecule has 1 unspecified atom stereocenters. The molecule has 0 aromatic carbocycles. The van der Waals surface area contributed by atoms with Crippen molar-refractivity contribution in [3.8, 4) is 0 Å². The number of carbonyl (C=O) groups excluding carboxylic acids is 1. The number of hydrogen-bond acceptors (Lipinski definition) is 4. The van der Waals surface area contributed by atoms with Crippen LogP contribution in [0.25, 0.3) is 11.0 Å². The summed E-state index contributed by atoms with van der Waals surface area (Å²) < 4.78 is 1.87. The molecule has 146 valence electrons. The lowest BCUT2D eigenvalue weighted by Gasteiger charge is -2.42. The molecule has 6 nitrogen and oxygen atoms in total. The molecule has 1 saturated heterocycles. The molecule has 1 aliphatic rings. The van der Waals surface area contributed by atoms with Gasteiger partial charge < -0.3 is 10.6 Å². The number of likely N-dealkylation sites (tertiary alicyclic amines) is 1. The number of nitrogens with two attached hydrogens (primary N) is 1. The lowest BCUT2D eigenvalue weighted by atomic mass is 9.79. The second-order valence-electron chi connectivity index (χ2n) is 7.84. The van der Waals surface area contributed by atoms with Gasteiger partial charge in [0.05, 0.1) is 17.1 Å². The summed E-state index contributed by atoms with van der Waals surface area (Å²) in [5.41, 5.74) is 8.44. The van der Waals surface area contributed by atoms with E-state index in [1.807, 2.05) is 22.6 Å². The summed E-state index contributed by atoms with van der Waals surface area (Å²) >= 11 is 0. The maximum absolute atomic E-state index is 13.2. The molecule has 1 amide bonds. The van der Waals surface area contributed by atoms with Gasteiger partial charge in [0.25, 0.3) is 5.91 Å². The third-order valence-electron chi connectivity index (χ3n) is 5.01. The molecule has 2 aromatic rings. The highest BCUT2D eigenvalue weighted by atomic mass is 35.5. The molecular weight excluding hydrogens is 373 g/mol. The van der Waals surface area contributed by atoms with Crippen LogP contribution in [0.15, 0.2) is 12.3 Å². The number of aromatic nitrogens is 3. The summed E-state index contributed by atoms with van der Waals surface area (Å²) in [7, 11) is 0. The third-order valence-corrected chi connectivity index (χ3v) is 5.01. The number of carbonyl (C=O) groups is 1. The predicted octanol–water partition coefficient (Wildman–Crippen LogP) is 3.36. The zero-order valence-corrected chi connectivity index (χ0v) is 17.7. The number of fused-ring (bicyclic) bond motifs is 1. The number of nitrogens with zero attached hydrogens (tertiary/aromatic N) is 4. The second-order valence-corrected chi connectivity index (χ2v) is 7.84. The minimum atomic E-state index is -0.0722. The molecule has 3 heterocycles. The number of piperidine rings is 1. The summed E-state index contributed by atoms with van der Waals surface area (Å²) in [4.78, 5) is 19.7. The third kappa shape index (κ3) is 3.97. The minimum absolute atomic E-state index is 0. The highest BCUT2D eigenvalue weighted by molar-refractivity contribution is 6.05. The van der Waals surface area contributed by atoms with Gasteiger partial charge in [0, 0.05) is 30.9 Å². The fraction of sp³-hybridized carbons (Fsp3) is 0.611. The average molecular weight is 402 g/mol. The second kappa shape index (κ2) is 8.11. The molecule has 0 saturated carbocycles. The molecule has 0 spiro atoms. The number of pyridine rings is 1. The van der Waals surface area contributed by atoms with Crippen LogP contribution < -0.4 is 5.73 Å². The smallest absolute Gasteiger partial charge is 0.254 e. The van der Waals surface area contributed by atoms with Crippen LogP contribution in [-0.2, 0) is 0 Å². The Bertz CT molecular complexity index is 787. The molecule has 1 fully saturated rings. The Morgan fingerprint density at radius 3 is 2.58 bits per heavy atom. The zero-order chi connectivity index (χ0) is 17.6. The molecular formula is C18H29Cl2N5O. The Labute approximate surface area is 167 Å². The van der Waals surface area contributed by atoms with E-state index >= 15 is 0 Å². The van der Waals surface area contributed by atoms with E-state index in [4.69, 9.17) is 5.73 Å². The van der Waals surface area contributed by atoms with E-state index in [0.29, 0.717) is 18.7 Å². The highest BCUT2D eigenvalue weighted by Gasteiger charge is 2.36. The van der Waals surface area contributed by atoms with Crippen molar-refractivity contribution < 1.29 is 4.79 Å². The van der Waals surface area contributed by atoms with Crippen molar-refractivity contribution in [2.75, 3.05) is 13.1 Å². The first kappa shape index (κ1) is 22.7. The first-order valence-corrected chi connectivity index (χ1v) is 8.60. The fourth-order valence-corrected chi connectivity index (χ4v) is 3.42. The number of aryl methyl sites for hydroxylation is 1. The molecule has 8 heteroatoms. The monoisotopic (exact) mass is 401 g/mol. The molecule has 0 radical (unpaired) electrons. The first-order chi connectivity index (χ1) is 11.2. The number of halogens is 2. The van der Waals surface area contributed by atoms with Crippen molar-refractivity contribution in [1.82, 2.24) is 19.7 Å². The van der Waals surface area contributed by atoms with Gasteiger partial charge in [0.1, 0.15) is 0 Å². The topological polar surface area (TPSA) is 77.0 Å². The normalized spacial score (nSPS) is 19.2. The van der Waals surface area contributed by atoms with Gasteiger partial charge >= 0.3 is 0 Å². The molecule has 0 aliphatic carbocycles. The Hall–Kier alpha value is -1.37. The minimum Gasteiger partial charge on any atom is -0.338 e. The van der Waals surface area contributed by atoms with Crippen molar-refractivity contribution in [3.05, 3.63) is 23.5 Å². The largest absolute Gasteiger partial charge is 0.338 e. The lowest BCUT2D eigenvalue weighted by Crippen LogP contribution is -2.54. The van der Waals surface area contributed by atoms with Crippen LogP contribution in [0.1, 0.15) is 56.2 Å². The lowest BCUT2D eigenvalue weighted by molar-refractivity contribution is 0.0534. The van der Waals surface area contributed by atoms with Gasteiger partial charge in [-0.25, -0.2) is 9.67 Å². The predicted molar refractivity (Wildman–Crippen MR) is 109 cm³/mol. The van der Waals surface area contributed by atoms with Crippen LogP contribution >= 0.6 is 24.8 Å². The highest BCUT2D eigenvalue weighted by Crippen LogP contribution is 2.30. The van der Waals surface area contributed by atoms with Gasteiger partial charge in [-0.15, -0.1) is 24.8 Å². The Morgan fingerprint density at radius 1 is 1.35 bits per heavy atom. The number of hydrogen-bond donors (Lipinski definition) is 1. The average Bonchev–Trinajstić information content (AvgIpc) is 2.92. The Balaban J connectivity index is 0.00000169. The quantitative estimate of drug-likeness (QED) is 0.836. The van der Waals surface area contributed by atoms with Gasteiger partial charge in [-0.05, 0) is 38.7 Å².